The lowest BCUT2D eigenvalue weighted by atomic mass is 10.1. The summed E-state index contributed by atoms with van der Waals surface area (Å²) in [4.78, 5) is 14.3. The van der Waals surface area contributed by atoms with Crippen LogP contribution in [0.5, 0.6) is 5.75 Å². The number of rotatable bonds is 8. The van der Waals surface area contributed by atoms with Crippen LogP contribution in [0.2, 0.25) is 0 Å². The first kappa shape index (κ1) is 20.9. The van der Waals surface area contributed by atoms with Crippen LogP contribution in [0.25, 0.3) is 11.4 Å². The van der Waals surface area contributed by atoms with Crippen LogP contribution in [0.4, 0.5) is 0 Å². The maximum Gasteiger partial charge on any atom is 0.233 e. The number of thioether (sulfide) groups is 1. The van der Waals surface area contributed by atoms with Crippen LogP contribution in [0.15, 0.2) is 53.7 Å². The van der Waals surface area contributed by atoms with Crippen molar-refractivity contribution in [1.29, 1.82) is 0 Å². The largest absolute Gasteiger partial charge is 0.497 e. The fourth-order valence-electron chi connectivity index (χ4n) is 3.01. The van der Waals surface area contributed by atoms with Crippen molar-refractivity contribution < 1.29 is 9.53 Å². The Kier molecular flexibility index (Phi) is 6.93. The second-order valence-electron chi connectivity index (χ2n) is 6.81. The van der Waals surface area contributed by atoms with Crippen molar-refractivity contribution in [2.24, 2.45) is 0 Å². The number of methoxy groups -OCH3 is 1. The number of carbonyl (C=O) groups excluding carboxylic acids is 1. The highest BCUT2D eigenvalue weighted by molar-refractivity contribution is 7.99. The highest BCUT2D eigenvalue weighted by Gasteiger charge is 2.16. The summed E-state index contributed by atoms with van der Waals surface area (Å²) < 4.78 is 7.22. The molecule has 1 aromatic heterocycles. The fraction of sp³-hybridized carbons (Fsp3) is 0.318. The first-order valence-electron chi connectivity index (χ1n) is 9.51. The van der Waals surface area contributed by atoms with Gasteiger partial charge in [0.15, 0.2) is 11.0 Å². The molecule has 0 saturated carbocycles. The summed E-state index contributed by atoms with van der Waals surface area (Å²) in [7, 11) is 3.46. The summed E-state index contributed by atoms with van der Waals surface area (Å²) in [5.41, 5.74) is 3.27. The number of amides is 1. The van der Waals surface area contributed by atoms with Crippen LogP contribution >= 0.6 is 11.8 Å². The summed E-state index contributed by atoms with van der Waals surface area (Å²) in [5, 5.41) is 9.44. The van der Waals surface area contributed by atoms with Gasteiger partial charge in [0.1, 0.15) is 5.75 Å². The number of nitrogens with zero attached hydrogens (tertiary/aromatic N) is 4. The zero-order valence-electron chi connectivity index (χ0n) is 17.3. The van der Waals surface area contributed by atoms with E-state index in [2.05, 4.69) is 40.7 Å². The molecular formula is C22H26N4O2S. The zero-order valence-corrected chi connectivity index (χ0v) is 18.1. The molecule has 0 spiro atoms. The van der Waals surface area contributed by atoms with Gasteiger partial charge in [-0.2, -0.15) is 0 Å². The van der Waals surface area contributed by atoms with Gasteiger partial charge in [0.2, 0.25) is 5.91 Å². The van der Waals surface area contributed by atoms with E-state index in [-0.39, 0.29) is 5.91 Å². The highest BCUT2D eigenvalue weighted by atomic mass is 32.2. The van der Waals surface area contributed by atoms with E-state index in [9.17, 15) is 4.79 Å². The Morgan fingerprint density at radius 2 is 1.93 bits per heavy atom. The van der Waals surface area contributed by atoms with Crippen LogP contribution in [0.3, 0.4) is 0 Å². The highest BCUT2D eigenvalue weighted by Crippen LogP contribution is 2.25. The Morgan fingerprint density at radius 3 is 2.59 bits per heavy atom. The maximum atomic E-state index is 12.6. The molecule has 7 heteroatoms. The summed E-state index contributed by atoms with van der Waals surface area (Å²) >= 11 is 1.42. The quantitative estimate of drug-likeness (QED) is 0.525. The van der Waals surface area contributed by atoms with Crippen LogP contribution in [-0.2, 0) is 17.9 Å². The van der Waals surface area contributed by atoms with Gasteiger partial charge in [-0.05, 0) is 37.6 Å². The molecule has 0 fully saturated rings. The minimum Gasteiger partial charge on any atom is -0.497 e. The number of carbonyl (C=O) groups is 1. The number of hydrogen-bond acceptors (Lipinski definition) is 5. The average molecular weight is 411 g/mol. The molecule has 3 rings (SSSR count). The van der Waals surface area contributed by atoms with E-state index in [0.717, 1.165) is 34.4 Å². The van der Waals surface area contributed by atoms with Gasteiger partial charge in [0.05, 0.1) is 12.9 Å². The van der Waals surface area contributed by atoms with Gasteiger partial charge in [-0.15, -0.1) is 10.2 Å². The molecule has 0 unspecified atom stereocenters. The number of aryl methyl sites for hydroxylation is 1. The third-order valence-electron chi connectivity index (χ3n) is 4.64. The van der Waals surface area contributed by atoms with E-state index >= 15 is 0 Å². The van der Waals surface area contributed by atoms with E-state index < -0.39 is 0 Å². The number of benzene rings is 2. The van der Waals surface area contributed by atoms with Crippen molar-refractivity contribution in [2.75, 3.05) is 19.9 Å². The second kappa shape index (κ2) is 9.60. The lowest BCUT2D eigenvalue weighted by Gasteiger charge is -2.17. The maximum absolute atomic E-state index is 12.6. The van der Waals surface area contributed by atoms with Gasteiger partial charge in [0, 0.05) is 25.7 Å². The topological polar surface area (TPSA) is 60.2 Å². The molecule has 0 N–H and O–H groups in total. The van der Waals surface area contributed by atoms with Crippen molar-refractivity contribution in [2.45, 2.75) is 32.1 Å². The van der Waals surface area contributed by atoms with Gasteiger partial charge in [-0.3, -0.25) is 4.79 Å². The molecule has 152 valence electrons. The van der Waals surface area contributed by atoms with Crippen LogP contribution in [0, 0.1) is 6.92 Å². The molecule has 0 aliphatic carbocycles. The third-order valence-corrected chi connectivity index (χ3v) is 5.59. The average Bonchev–Trinajstić information content (AvgIpc) is 3.15. The predicted molar refractivity (Wildman–Crippen MR) is 116 cm³/mol. The van der Waals surface area contributed by atoms with Crippen LogP contribution in [-0.4, -0.2) is 45.5 Å². The van der Waals surface area contributed by atoms with Gasteiger partial charge in [-0.1, -0.05) is 47.7 Å². The molecular weight excluding hydrogens is 384 g/mol. The van der Waals surface area contributed by atoms with Crippen molar-refractivity contribution in [3.63, 3.8) is 0 Å². The van der Waals surface area contributed by atoms with Crippen molar-refractivity contribution in [1.82, 2.24) is 19.7 Å². The molecule has 0 aliphatic heterocycles. The monoisotopic (exact) mass is 410 g/mol. The van der Waals surface area contributed by atoms with Crippen molar-refractivity contribution >= 4 is 17.7 Å². The van der Waals surface area contributed by atoms with E-state index in [1.165, 1.54) is 17.3 Å². The summed E-state index contributed by atoms with van der Waals surface area (Å²) in [6.45, 7) is 5.42. The van der Waals surface area contributed by atoms with E-state index in [1.807, 2.05) is 43.4 Å². The van der Waals surface area contributed by atoms with E-state index in [1.54, 1.807) is 12.0 Å². The van der Waals surface area contributed by atoms with Crippen LogP contribution in [0.1, 0.15) is 18.1 Å². The molecule has 0 radical (unpaired) electrons. The van der Waals surface area contributed by atoms with Gasteiger partial charge < -0.3 is 14.2 Å². The van der Waals surface area contributed by atoms with E-state index in [0.29, 0.717) is 12.3 Å². The second-order valence-corrected chi connectivity index (χ2v) is 7.75. The van der Waals surface area contributed by atoms with Gasteiger partial charge in [0.25, 0.3) is 0 Å². The Bertz CT molecular complexity index is 969. The molecule has 0 saturated heterocycles. The molecule has 2 aromatic carbocycles. The normalized spacial score (nSPS) is 10.8. The zero-order chi connectivity index (χ0) is 20.8. The third kappa shape index (κ3) is 5.17. The molecule has 0 atom stereocenters. The first-order chi connectivity index (χ1) is 14.0. The molecule has 0 bridgehead atoms. The van der Waals surface area contributed by atoms with Gasteiger partial charge in [-0.25, -0.2) is 0 Å². The summed E-state index contributed by atoms with van der Waals surface area (Å²) in [5.74, 6) is 2.01. The van der Waals surface area contributed by atoms with E-state index in [4.69, 9.17) is 4.74 Å². The SMILES string of the molecule is CCn1c(SCC(=O)N(C)Cc2ccc(OC)cc2)nnc1-c1cccc(C)c1. The number of aromatic nitrogens is 3. The lowest BCUT2D eigenvalue weighted by Crippen LogP contribution is -2.27. The Labute approximate surface area is 175 Å². The van der Waals surface area contributed by atoms with Crippen molar-refractivity contribution in [3.8, 4) is 17.1 Å². The molecule has 0 aliphatic rings. The standard InChI is InChI=1S/C22H26N4O2S/c1-5-26-21(18-8-6-7-16(2)13-18)23-24-22(26)29-15-20(27)25(3)14-17-9-11-19(28-4)12-10-17/h6-13H,5,14-15H2,1-4H3. The summed E-state index contributed by atoms with van der Waals surface area (Å²) in [6.07, 6.45) is 0. The summed E-state index contributed by atoms with van der Waals surface area (Å²) in [6, 6.07) is 15.9. The fourth-order valence-corrected chi connectivity index (χ4v) is 3.95. The van der Waals surface area contributed by atoms with Crippen LogP contribution < -0.4 is 4.74 Å². The number of ether oxygens (including phenoxy) is 1. The molecule has 1 amide bonds. The Morgan fingerprint density at radius 1 is 1.17 bits per heavy atom. The number of hydrogen-bond donors (Lipinski definition) is 0. The van der Waals surface area contributed by atoms with Crippen molar-refractivity contribution in [3.05, 3.63) is 59.7 Å². The van der Waals surface area contributed by atoms with Gasteiger partial charge >= 0.3 is 0 Å². The minimum atomic E-state index is 0.0496. The minimum absolute atomic E-state index is 0.0496. The first-order valence-corrected chi connectivity index (χ1v) is 10.5. The Hall–Kier alpha value is -2.80. The molecule has 29 heavy (non-hydrogen) atoms. The predicted octanol–water partition coefficient (Wildman–Crippen LogP) is 4.03. The molecule has 1 heterocycles. The molecule has 6 nitrogen and oxygen atoms in total. The Balaban J connectivity index is 1.63. The lowest BCUT2D eigenvalue weighted by molar-refractivity contribution is -0.127. The molecule has 3 aromatic rings. The smallest absolute Gasteiger partial charge is 0.233 e.